The first-order valence-electron chi connectivity index (χ1n) is 14.0. The van der Waals surface area contributed by atoms with Gasteiger partial charge in [-0.25, -0.2) is 23.4 Å². The van der Waals surface area contributed by atoms with Crippen LogP contribution in [0.5, 0.6) is 0 Å². The van der Waals surface area contributed by atoms with Gasteiger partial charge in [-0.3, -0.25) is 4.79 Å². The molecule has 2 bridgehead atoms. The van der Waals surface area contributed by atoms with Crippen LogP contribution in [-0.2, 0) is 20.0 Å². The van der Waals surface area contributed by atoms with E-state index < -0.39 is 9.84 Å². The summed E-state index contributed by atoms with van der Waals surface area (Å²) in [6.45, 7) is 6.25. The number of pyridine rings is 1. The fourth-order valence-corrected chi connectivity index (χ4v) is 10.1. The average molecular weight is 548 g/mol. The molecule has 11 heteroatoms. The molecule has 0 radical (unpaired) electrons. The number of hydrogen-bond donors (Lipinski definition) is 0. The number of rotatable bonds is 3. The maximum atomic E-state index is 13.6. The summed E-state index contributed by atoms with van der Waals surface area (Å²) in [5.74, 6) is 2.61. The van der Waals surface area contributed by atoms with Crippen molar-refractivity contribution >= 4 is 33.2 Å². The van der Waals surface area contributed by atoms with Crippen molar-refractivity contribution < 1.29 is 13.2 Å². The zero-order valence-corrected chi connectivity index (χ0v) is 23.1. The average Bonchev–Trinajstić information content (AvgIpc) is 3.57. The third kappa shape index (κ3) is 3.67. The van der Waals surface area contributed by atoms with E-state index in [9.17, 15) is 18.5 Å². The summed E-state index contributed by atoms with van der Waals surface area (Å²) in [6.07, 6.45) is 7.69. The molecule has 10 nitrogen and oxygen atoms in total. The van der Waals surface area contributed by atoms with Crippen molar-refractivity contribution in [2.75, 3.05) is 35.2 Å². The Hall–Kier alpha value is -3.26. The molecule has 5 atom stereocenters. The SMILES string of the molecule is C[C@@H]1CN(c2ncnc3c2C2(CCC2)CN3c2cc(C#N)ccn2)[C@@H](C)CN1C(=O)C1CC2CC1CS2(=O)=O. The number of hydrogen-bond acceptors (Lipinski definition) is 9. The number of anilines is 3. The first-order chi connectivity index (χ1) is 18.7. The molecule has 5 aliphatic rings. The molecule has 39 heavy (non-hydrogen) atoms. The van der Waals surface area contributed by atoms with Gasteiger partial charge in [0.15, 0.2) is 9.84 Å². The number of piperazine rings is 1. The van der Waals surface area contributed by atoms with Gasteiger partial charge in [0.25, 0.3) is 0 Å². The molecular weight excluding hydrogens is 514 g/mol. The molecule has 2 saturated carbocycles. The summed E-state index contributed by atoms with van der Waals surface area (Å²) in [7, 11) is -3.01. The second-order valence-corrected chi connectivity index (χ2v) is 14.6. The van der Waals surface area contributed by atoms with Gasteiger partial charge < -0.3 is 14.7 Å². The summed E-state index contributed by atoms with van der Waals surface area (Å²) < 4.78 is 24.5. The first kappa shape index (κ1) is 24.8. The van der Waals surface area contributed by atoms with E-state index >= 15 is 0 Å². The lowest BCUT2D eigenvalue weighted by atomic mass is 9.66. The Labute approximate surface area is 229 Å². The molecule has 0 aromatic carbocycles. The van der Waals surface area contributed by atoms with Gasteiger partial charge in [0, 0.05) is 54.8 Å². The van der Waals surface area contributed by atoms with Crippen LogP contribution >= 0.6 is 0 Å². The minimum atomic E-state index is -3.01. The molecule has 1 amide bonds. The number of amides is 1. The Morgan fingerprint density at radius 2 is 1.90 bits per heavy atom. The van der Waals surface area contributed by atoms with Crippen LogP contribution in [0.3, 0.4) is 0 Å². The molecule has 4 fully saturated rings. The Balaban J connectivity index is 1.17. The quantitative estimate of drug-likeness (QED) is 0.570. The van der Waals surface area contributed by atoms with E-state index in [1.165, 1.54) is 0 Å². The third-order valence-electron chi connectivity index (χ3n) is 9.98. The Morgan fingerprint density at radius 3 is 2.56 bits per heavy atom. The number of aromatic nitrogens is 3. The van der Waals surface area contributed by atoms with E-state index in [2.05, 4.69) is 34.7 Å². The van der Waals surface area contributed by atoms with Gasteiger partial charge in [-0.1, -0.05) is 6.42 Å². The summed E-state index contributed by atoms with van der Waals surface area (Å²) >= 11 is 0. The van der Waals surface area contributed by atoms with Crippen LogP contribution < -0.4 is 9.80 Å². The largest absolute Gasteiger partial charge is 0.350 e. The van der Waals surface area contributed by atoms with E-state index in [0.717, 1.165) is 48.8 Å². The summed E-state index contributed by atoms with van der Waals surface area (Å²) in [4.78, 5) is 34.3. The van der Waals surface area contributed by atoms with E-state index in [-0.39, 0.29) is 46.2 Å². The van der Waals surface area contributed by atoms with Crippen LogP contribution in [-0.4, -0.2) is 76.9 Å². The van der Waals surface area contributed by atoms with Crippen molar-refractivity contribution in [3.05, 3.63) is 35.8 Å². The Morgan fingerprint density at radius 1 is 1.10 bits per heavy atom. The van der Waals surface area contributed by atoms with Gasteiger partial charge in [0.1, 0.15) is 23.8 Å². The fraction of sp³-hybridized carbons (Fsp3) is 0.607. The molecule has 2 saturated heterocycles. The fourth-order valence-electron chi connectivity index (χ4n) is 7.79. The van der Waals surface area contributed by atoms with E-state index in [4.69, 9.17) is 9.97 Å². The third-order valence-corrected chi connectivity index (χ3v) is 12.3. The summed E-state index contributed by atoms with van der Waals surface area (Å²) in [5.41, 5.74) is 1.69. The van der Waals surface area contributed by atoms with Crippen LogP contribution in [0.15, 0.2) is 24.7 Å². The van der Waals surface area contributed by atoms with Crippen molar-refractivity contribution in [2.24, 2.45) is 11.8 Å². The topological polar surface area (TPSA) is 123 Å². The molecule has 2 aliphatic carbocycles. The summed E-state index contributed by atoms with van der Waals surface area (Å²) in [6, 6.07) is 5.78. The Kier molecular flexibility index (Phi) is 5.47. The molecular formula is C28H33N7O3S. The minimum Gasteiger partial charge on any atom is -0.350 e. The van der Waals surface area contributed by atoms with Crippen molar-refractivity contribution in [1.82, 2.24) is 19.9 Å². The lowest BCUT2D eigenvalue weighted by molar-refractivity contribution is -0.139. The highest BCUT2D eigenvalue weighted by molar-refractivity contribution is 7.92. The van der Waals surface area contributed by atoms with E-state index in [0.29, 0.717) is 31.5 Å². The molecule has 1 spiro atoms. The lowest BCUT2D eigenvalue weighted by Crippen LogP contribution is -2.60. The number of nitriles is 1. The predicted octanol–water partition coefficient (Wildman–Crippen LogP) is 2.57. The zero-order valence-electron chi connectivity index (χ0n) is 22.3. The number of carbonyl (C=O) groups excluding carboxylic acids is 1. The van der Waals surface area contributed by atoms with Crippen molar-refractivity contribution in [2.45, 2.75) is 68.7 Å². The predicted molar refractivity (Wildman–Crippen MR) is 145 cm³/mol. The van der Waals surface area contributed by atoms with Gasteiger partial charge in [0.05, 0.1) is 22.6 Å². The van der Waals surface area contributed by atoms with Gasteiger partial charge in [-0.2, -0.15) is 5.26 Å². The Bertz CT molecular complexity index is 1500. The highest BCUT2D eigenvalue weighted by Crippen LogP contribution is 2.56. The maximum absolute atomic E-state index is 13.6. The minimum absolute atomic E-state index is 0.0149. The maximum Gasteiger partial charge on any atom is 0.226 e. The van der Waals surface area contributed by atoms with Gasteiger partial charge in [0.2, 0.25) is 5.91 Å². The van der Waals surface area contributed by atoms with Gasteiger partial charge in [-0.15, -0.1) is 0 Å². The molecule has 2 aromatic rings. The monoisotopic (exact) mass is 547 g/mol. The van der Waals surface area contributed by atoms with Crippen molar-refractivity contribution in [3.8, 4) is 6.07 Å². The smallest absolute Gasteiger partial charge is 0.226 e. The molecule has 204 valence electrons. The number of fused-ring (bicyclic) bond motifs is 4. The number of sulfone groups is 1. The van der Waals surface area contributed by atoms with Crippen molar-refractivity contribution in [3.63, 3.8) is 0 Å². The molecule has 3 unspecified atom stereocenters. The van der Waals surface area contributed by atoms with Crippen LogP contribution in [0, 0.1) is 23.2 Å². The molecule has 7 rings (SSSR count). The second kappa shape index (κ2) is 8.62. The first-order valence-corrected chi connectivity index (χ1v) is 15.7. The number of nitrogens with zero attached hydrogens (tertiary/aromatic N) is 7. The highest BCUT2D eigenvalue weighted by Gasteiger charge is 2.54. The lowest BCUT2D eigenvalue weighted by Gasteiger charge is -2.47. The highest BCUT2D eigenvalue weighted by atomic mass is 32.2. The molecule has 2 aromatic heterocycles. The standard InChI is InChI=1S/C28H33N7O3S/c1-17-13-34(27(36)22-10-21-9-20(22)14-39(21,37)38)18(2)12-33(17)25-24-26(32-16-31-25)35(15-28(24)5-3-6-28)23-8-19(11-29)4-7-30-23/h4,7-8,16-18,20-22H,3,5-6,9-10,12-15H2,1-2H3/t17-,18+,20?,21?,22?/m0/s1. The van der Waals surface area contributed by atoms with Crippen LogP contribution in [0.25, 0.3) is 0 Å². The summed E-state index contributed by atoms with van der Waals surface area (Å²) in [5, 5.41) is 9.09. The normalized spacial score (nSPS) is 31.7. The van der Waals surface area contributed by atoms with Gasteiger partial charge in [-0.05, 0) is 57.6 Å². The van der Waals surface area contributed by atoms with Crippen LogP contribution in [0.4, 0.5) is 17.5 Å². The second-order valence-electron chi connectivity index (χ2n) is 12.3. The zero-order chi connectivity index (χ0) is 27.1. The van der Waals surface area contributed by atoms with Crippen LogP contribution in [0.2, 0.25) is 0 Å². The van der Waals surface area contributed by atoms with Crippen molar-refractivity contribution in [1.29, 1.82) is 5.26 Å². The molecule has 0 N–H and O–H groups in total. The van der Waals surface area contributed by atoms with Gasteiger partial charge >= 0.3 is 0 Å². The number of carbonyl (C=O) groups is 1. The van der Waals surface area contributed by atoms with E-state index in [1.807, 2.05) is 11.0 Å². The molecule has 5 heterocycles. The van der Waals surface area contributed by atoms with Crippen LogP contribution in [0.1, 0.15) is 57.1 Å². The molecule has 3 aliphatic heterocycles. The van der Waals surface area contributed by atoms with E-state index in [1.54, 1.807) is 18.6 Å².